The Kier molecular flexibility index (Phi) is 4.24. The quantitative estimate of drug-likeness (QED) is 0.863. The van der Waals surface area contributed by atoms with Gasteiger partial charge in [0.15, 0.2) is 11.5 Å². The van der Waals surface area contributed by atoms with Crippen LogP contribution in [0.1, 0.15) is 23.5 Å². The van der Waals surface area contributed by atoms with E-state index < -0.39 is 5.97 Å². The molecule has 2 aromatic rings. The number of amides is 1. The van der Waals surface area contributed by atoms with Crippen LogP contribution in [0.25, 0.3) is 0 Å². The van der Waals surface area contributed by atoms with Crippen molar-refractivity contribution in [2.45, 2.75) is 18.8 Å². The molecule has 0 saturated heterocycles. The van der Waals surface area contributed by atoms with E-state index in [1.807, 2.05) is 18.2 Å². The third-order valence-corrected chi connectivity index (χ3v) is 4.70. The largest absolute Gasteiger partial charge is 0.486 e. The first-order valence-corrected chi connectivity index (χ1v) is 8.61. The molecule has 26 heavy (non-hydrogen) atoms. The van der Waals surface area contributed by atoms with Crippen LogP contribution < -0.4 is 14.8 Å². The number of benzene rings is 2. The average molecular weight is 353 g/mol. The smallest absolute Gasteiger partial charge is 0.307 e. The van der Waals surface area contributed by atoms with Crippen molar-refractivity contribution in [3.05, 3.63) is 53.6 Å². The van der Waals surface area contributed by atoms with Crippen LogP contribution in [-0.2, 0) is 16.0 Å². The van der Waals surface area contributed by atoms with E-state index in [0.717, 1.165) is 23.5 Å². The predicted octanol–water partition coefficient (Wildman–Crippen LogP) is 2.83. The van der Waals surface area contributed by atoms with Gasteiger partial charge in [0.2, 0.25) is 5.91 Å². The van der Waals surface area contributed by atoms with Crippen LogP contribution in [0.5, 0.6) is 11.5 Å². The average Bonchev–Trinajstić information content (AvgIpc) is 3.43. The highest BCUT2D eigenvalue weighted by molar-refractivity contribution is 5.95. The molecule has 1 aliphatic heterocycles. The van der Waals surface area contributed by atoms with Crippen molar-refractivity contribution in [2.24, 2.45) is 5.92 Å². The summed E-state index contributed by atoms with van der Waals surface area (Å²) in [5, 5.41) is 11.7. The van der Waals surface area contributed by atoms with E-state index in [4.69, 9.17) is 14.6 Å². The zero-order valence-electron chi connectivity index (χ0n) is 14.1. The van der Waals surface area contributed by atoms with Crippen molar-refractivity contribution in [2.75, 3.05) is 18.5 Å². The van der Waals surface area contributed by atoms with Crippen molar-refractivity contribution < 1.29 is 24.2 Å². The molecule has 1 fully saturated rings. The van der Waals surface area contributed by atoms with Crippen molar-refractivity contribution in [1.82, 2.24) is 0 Å². The van der Waals surface area contributed by atoms with E-state index in [1.54, 1.807) is 24.3 Å². The predicted molar refractivity (Wildman–Crippen MR) is 94.7 cm³/mol. The molecule has 2 aromatic carbocycles. The molecule has 0 spiro atoms. The fourth-order valence-electron chi connectivity index (χ4n) is 3.26. The molecule has 2 N–H and O–H groups in total. The van der Waals surface area contributed by atoms with Crippen LogP contribution in [0.3, 0.4) is 0 Å². The minimum atomic E-state index is -0.873. The van der Waals surface area contributed by atoms with Crippen LogP contribution in [0.15, 0.2) is 42.5 Å². The molecular formula is C20H19NO5. The number of aliphatic carboxylic acids is 1. The first-order valence-electron chi connectivity index (χ1n) is 8.61. The van der Waals surface area contributed by atoms with Crippen molar-refractivity contribution in [3.8, 4) is 11.5 Å². The first kappa shape index (κ1) is 16.4. The maximum Gasteiger partial charge on any atom is 0.307 e. The van der Waals surface area contributed by atoms with E-state index in [0.29, 0.717) is 24.5 Å². The van der Waals surface area contributed by atoms with Gasteiger partial charge in [0.05, 0.1) is 6.42 Å². The van der Waals surface area contributed by atoms with E-state index in [1.165, 1.54) is 0 Å². The molecule has 134 valence electrons. The molecule has 0 bridgehead atoms. The molecule has 2 unspecified atom stereocenters. The Morgan fingerprint density at radius 2 is 1.77 bits per heavy atom. The maximum atomic E-state index is 12.4. The van der Waals surface area contributed by atoms with Gasteiger partial charge in [-0.15, -0.1) is 0 Å². The Morgan fingerprint density at radius 3 is 2.50 bits per heavy atom. The molecule has 2 atom stereocenters. The van der Waals surface area contributed by atoms with Gasteiger partial charge < -0.3 is 19.9 Å². The number of hydrogen-bond acceptors (Lipinski definition) is 4. The third kappa shape index (κ3) is 3.49. The van der Waals surface area contributed by atoms with Gasteiger partial charge in [-0.3, -0.25) is 9.59 Å². The van der Waals surface area contributed by atoms with Crippen LogP contribution in [0.4, 0.5) is 5.69 Å². The van der Waals surface area contributed by atoms with E-state index in [2.05, 4.69) is 5.32 Å². The molecule has 2 aliphatic rings. The summed E-state index contributed by atoms with van der Waals surface area (Å²) < 4.78 is 11.1. The van der Waals surface area contributed by atoms with Gasteiger partial charge in [0.25, 0.3) is 0 Å². The molecule has 0 aromatic heterocycles. The highest BCUT2D eigenvalue weighted by atomic mass is 16.6. The summed E-state index contributed by atoms with van der Waals surface area (Å²) in [6.07, 6.45) is 0.783. The lowest BCUT2D eigenvalue weighted by atomic mass is 10.1. The van der Waals surface area contributed by atoms with Crippen LogP contribution in [0, 0.1) is 5.92 Å². The fraction of sp³-hybridized carbons (Fsp3) is 0.300. The van der Waals surface area contributed by atoms with E-state index in [9.17, 15) is 9.59 Å². The molecular weight excluding hydrogens is 334 g/mol. The number of anilines is 1. The van der Waals surface area contributed by atoms with E-state index >= 15 is 0 Å². The van der Waals surface area contributed by atoms with Gasteiger partial charge in [0, 0.05) is 11.6 Å². The number of carboxylic acids is 1. The standard InChI is InChI=1S/C20H19NO5/c22-19(23)9-12-1-4-14(5-2-12)21-20(24)16-11-15(16)13-3-6-17-18(10-13)26-8-7-25-17/h1-6,10,15-16H,7-9,11H2,(H,21,24)(H,22,23). The van der Waals surface area contributed by atoms with Crippen molar-refractivity contribution in [3.63, 3.8) is 0 Å². The summed E-state index contributed by atoms with van der Waals surface area (Å²) >= 11 is 0. The number of rotatable bonds is 5. The Morgan fingerprint density at radius 1 is 1.04 bits per heavy atom. The second kappa shape index (κ2) is 6.71. The molecule has 1 heterocycles. The second-order valence-electron chi connectivity index (χ2n) is 6.61. The summed E-state index contributed by atoms with van der Waals surface area (Å²) in [6, 6.07) is 12.8. The first-order chi connectivity index (χ1) is 12.6. The number of carboxylic acid groups (broad SMARTS) is 1. The number of fused-ring (bicyclic) bond motifs is 1. The van der Waals surface area contributed by atoms with Gasteiger partial charge in [-0.05, 0) is 47.7 Å². The number of carbonyl (C=O) groups excluding carboxylic acids is 1. The maximum absolute atomic E-state index is 12.4. The molecule has 6 nitrogen and oxygen atoms in total. The summed E-state index contributed by atoms with van der Waals surface area (Å²) in [7, 11) is 0. The normalized spacial score (nSPS) is 20.3. The SMILES string of the molecule is O=C(O)Cc1ccc(NC(=O)C2CC2c2ccc3c(c2)OCCO3)cc1. The monoisotopic (exact) mass is 353 g/mol. The number of carbonyl (C=O) groups is 2. The highest BCUT2D eigenvalue weighted by Crippen LogP contribution is 2.49. The Bertz CT molecular complexity index is 846. The lowest BCUT2D eigenvalue weighted by Crippen LogP contribution is -2.16. The molecule has 1 saturated carbocycles. The molecule has 0 radical (unpaired) electrons. The molecule has 1 amide bonds. The lowest BCUT2D eigenvalue weighted by Gasteiger charge is -2.18. The summed E-state index contributed by atoms with van der Waals surface area (Å²) in [5.41, 5.74) is 2.47. The number of hydrogen-bond donors (Lipinski definition) is 2. The van der Waals surface area contributed by atoms with Crippen LogP contribution in [0.2, 0.25) is 0 Å². The van der Waals surface area contributed by atoms with Crippen LogP contribution >= 0.6 is 0 Å². The minimum absolute atomic E-state index is 0.0177. The summed E-state index contributed by atoms with van der Waals surface area (Å²) in [5.74, 6) is 0.739. The summed E-state index contributed by atoms with van der Waals surface area (Å²) in [6.45, 7) is 1.11. The summed E-state index contributed by atoms with van der Waals surface area (Å²) in [4.78, 5) is 23.2. The van der Waals surface area contributed by atoms with Gasteiger partial charge in [-0.25, -0.2) is 0 Å². The number of nitrogens with one attached hydrogen (secondary N) is 1. The van der Waals surface area contributed by atoms with Gasteiger partial charge >= 0.3 is 5.97 Å². The van der Waals surface area contributed by atoms with Gasteiger partial charge in [0.1, 0.15) is 13.2 Å². The Balaban J connectivity index is 1.37. The third-order valence-electron chi connectivity index (χ3n) is 4.70. The Labute approximate surface area is 150 Å². The van der Waals surface area contributed by atoms with Gasteiger partial charge in [-0.2, -0.15) is 0 Å². The lowest BCUT2D eigenvalue weighted by molar-refractivity contribution is -0.136. The molecule has 1 aliphatic carbocycles. The zero-order chi connectivity index (χ0) is 18.1. The highest BCUT2D eigenvalue weighted by Gasteiger charge is 2.44. The Hall–Kier alpha value is -3.02. The molecule has 4 rings (SSSR count). The van der Waals surface area contributed by atoms with Crippen molar-refractivity contribution >= 4 is 17.6 Å². The fourth-order valence-corrected chi connectivity index (χ4v) is 3.26. The molecule has 6 heteroatoms. The van der Waals surface area contributed by atoms with E-state index in [-0.39, 0.29) is 24.2 Å². The van der Waals surface area contributed by atoms with Crippen molar-refractivity contribution in [1.29, 1.82) is 0 Å². The second-order valence-corrected chi connectivity index (χ2v) is 6.61. The minimum Gasteiger partial charge on any atom is -0.486 e. The van der Waals surface area contributed by atoms with Gasteiger partial charge in [-0.1, -0.05) is 18.2 Å². The topological polar surface area (TPSA) is 84.9 Å². The van der Waals surface area contributed by atoms with Crippen LogP contribution in [-0.4, -0.2) is 30.2 Å². The number of ether oxygens (including phenoxy) is 2. The zero-order valence-corrected chi connectivity index (χ0v) is 14.1.